The Morgan fingerprint density at radius 1 is 1.37 bits per heavy atom. The average molecular weight is 255 g/mol. The second-order valence-electron chi connectivity index (χ2n) is 3.62. The highest BCUT2D eigenvalue weighted by Gasteiger charge is 2.00. The predicted octanol–water partition coefficient (Wildman–Crippen LogP) is 1.73. The third-order valence-corrected chi connectivity index (χ3v) is 2.22. The van der Waals surface area contributed by atoms with Crippen LogP contribution in [0.15, 0.2) is 55.3 Å². The molecule has 0 aliphatic carbocycles. The second-order valence-corrected chi connectivity index (χ2v) is 3.62. The lowest BCUT2D eigenvalue weighted by atomic mass is 10.3. The van der Waals surface area contributed by atoms with Gasteiger partial charge in [-0.2, -0.15) is 5.10 Å². The molecule has 0 bridgehead atoms. The van der Waals surface area contributed by atoms with Gasteiger partial charge in [-0.1, -0.05) is 18.2 Å². The number of nitrogens with zero attached hydrogens (tertiary/aromatic N) is 4. The molecule has 1 N–H and O–H groups in total. The molecule has 2 rings (SSSR count). The summed E-state index contributed by atoms with van der Waals surface area (Å²) in [6.07, 6.45) is 11.3. The van der Waals surface area contributed by atoms with Crippen molar-refractivity contribution >= 4 is 11.6 Å². The molecule has 0 unspecified atom stereocenters. The fraction of sp³-hybridized carbons (Fsp3) is 0.0769. The molecular weight excluding hydrogens is 242 g/mol. The fourth-order valence-corrected chi connectivity index (χ4v) is 1.36. The number of carbonyl (C=O) groups is 1. The molecule has 1 amide bonds. The zero-order valence-corrected chi connectivity index (χ0v) is 10.4. The van der Waals surface area contributed by atoms with Crippen molar-refractivity contribution in [2.75, 3.05) is 5.32 Å². The van der Waals surface area contributed by atoms with Gasteiger partial charge in [0.05, 0.1) is 11.9 Å². The van der Waals surface area contributed by atoms with Gasteiger partial charge >= 0.3 is 0 Å². The van der Waals surface area contributed by atoms with E-state index in [9.17, 15) is 4.79 Å². The summed E-state index contributed by atoms with van der Waals surface area (Å²) in [4.78, 5) is 19.5. The van der Waals surface area contributed by atoms with E-state index in [1.54, 1.807) is 36.8 Å². The second kappa shape index (κ2) is 6.25. The van der Waals surface area contributed by atoms with E-state index in [1.165, 1.54) is 17.1 Å². The number of allylic oxidation sites excluding steroid dienone is 3. The summed E-state index contributed by atoms with van der Waals surface area (Å²) in [6, 6.07) is 3.51. The predicted molar refractivity (Wildman–Crippen MR) is 71.7 cm³/mol. The number of anilines is 1. The maximum Gasteiger partial charge on any atom is 0.248 e. The molecule has 2 aromatic rings. The monoisotopic (exact) mass is 255 g/mol. The summed E-state index contributed by atoms with van der Waals surface area (Å²) in [6.45, 7) is 1.88. The number of amides is 1. The molecule has 0 aliphatic heterocycles. The Morgan fingerprint density at radius 3 is 2.89 bits per heavy atom. The average Bonchev–Trinajstić information content (AvgIpc) is 2.94. The molecule has 6 heteroatoms. The Balaban J connectivity index is 2.01. The van der Waals surface area contributed by atoms with Crippen LogP contribution in [0.1, 0.15) is 6.92 Å². The molecule has 2 heterocycles. The van der Waals surface area contributed by atoms with Crippen molar-refractivity contribution in [2.45, 2.75) is 6.92 Å². The Bertz CT molecular complexity index is 584. The van der Waals surface area contributed by atoms with Crippen LogP contribution < -0.4 is 5.32 Å². The first-order valence-corrected chi connectivity index (χ1v) is 5.71. The van der Waals surface area contributed by atoms with Crippen LogP contribution in [0.4, 0.5) is 5.69 Å². The number of nitrogens with one attached hydrogen (secondary N) is 1. The summed E-state index contributed by atoms with van der Waals surface area (Å²) in [7, 11) is 0. The van der Waals surface area contributed by atoms with Crippen molar-refractivity contribution in [2.24, 2.45) is 0 Å². The summed E-state index contributed by atoms with van der Waals surface area (Å²) in [5, 5.41) is 6.67. The molecule has 0 saturated carbocycles. The first-order valence-electron chi connectivity index (χ1n) is 5.71. The number of rotatable bonds is 4. The van der Waals surface area contributed by atoms with Gasteiger partial charge in [0.1, 0.15) is 12.7 Å². The summed E-state index contributed by atoms with van der Waals surface area (Å²) < 4.78 is 1.54. The zero-order valence-electron chi connectivity index (χ0n) is 10.4. The molecular formula is C13H13N5O. The first kappa shape index (κ1) is 12.7. The van der Waals surface area contributed by atoms with Crippen LogP contribution in [-0.2, 0) is 4.79 Å². The van der Waals surface area contributed by atoms with E-state index in [2.05, 4.69) is 20.4 Å². The molecule has 96 valence electrons. The lowest BCUT2D eigenvalue weighted by molar-refractivity contribution is -0.111. The van der Waals surface area contributed by atoms with Crippen molar-refractivity contribution in [3.8, 4) is 5.82 Å². The van der Waals surface area contributed by atoms with Crippen molar-refractivity contribution < 1.29 is 4.79 Å². The lowest BCUT2D eigenvalue weighted by Crippen LogP contribution is -2.08. The Morgan fingerprint density at radius 2 is 2.26 bits per heavy atom. The third kappa shape index (κ3) is 3.60. The largest absolute Gasteiger partial charge is 0.321 e. The van der Waals surface area contributed by atoms with Gasteiger partial charge in [-0.05, 0) is 19.1 Å². The van der Waals surface area contributed by atoms with E-state index in [0.717, 1.165) is 0 Å². The minimum atomic E-state index is -0.201. The molecule has 0 saturated heterocycles. The van der Waals surface area contributed by atoms with Gasteiger partial charge in [-0.15, -0.1) is 0 Å². The van der Waals surface area contributed by atoms with E-state index < -0.39 is 0 Å². The van der Waals surface area contributed by atoms with Crippen LogP contribution in [0.5, 0.6) is 0 Å². The Labute approximate surface area is 110 Å². The van der Waals surface area contributed by atoms with Crippen LogP contribution in [0.2, 0.25) is 0 Å². The van der Waals surface area contributed by atoms with Crippen molar-refractivity contribution in [1.82, 2.24) is 19.7 Å². The van der Waals surface area contributed by atoms with Gasteiger partial charge in [0, 0.05) is 6.08 Å². The fourth-order valence-electron chi connectivity index (χ4n) is 1.36. The van der Waals surface area contributed by atoms with Crippen LogP contribution in [0.25, 0.3) is 5.82 Å². The molecule has 19 heavy (non-hydrogen) atoms. The molecule has 0 fully saturated rings. The van der Waals surface area contributed by atoms with Gasteiger partial charge < -0.3 is 5.32 Å². The molecule has 2 aromatic heterocycles. The highest BCUT2D eigenvalue weighted by atomic mass is 16.1. The SMILES string of the molecule is CC=CC=CC(=O)Nc1ccc(-n2cncn2)nc1. The maximum absolute atomic E-state index is 11.5. The summed E-state index contributed by atoms with van der Waals surface area (Å²) >= 11 is 0. The lowest BCUT2D eigenvalue weighted by Gasteiger charge is -2.03. The number of hydrogen-bond acceptors (Lipinski definition) is 4. The first-order chi connectivity index (χ1) is 9.29. The van der Waals surface area contributed by atoms with E-state index in [1.807, 2.05) is 13.0 Å². The molecule has 0 atom stereocenters. The zero-order chi connectivity index (χ0) is 13.5. The van der Waals surface area contributed by atoms with E-state index in [-0.39, 0.29) is 5.91 Å². The maximum atomic E-state index is 11.5. The number of pyridine rings is 1. The van der Waals surface area contributed by atoms with Crippen molar-refractivity contribution in [3.05, 3.63) is 55.3 Å². The summed E-state index contributed by atoms with van der Waals surface area (Å²) in [5.74, 6) is 0.438. The van der Waals surface area contributed by atoms with Gasteiger partial charge in [0.2, 0.25) is 5.91 Å². The molecule has 0 aliphatic rings. The van der Waals surface area contributed by atoms with Crippen molar-refractivity contribution in [1.29, 1.82) is 0 Å². The smallest absolute Gasteiger partial charge is 0.248 e. The number of carbonyl (C=O) groups excluding carboxylic acids is 1. The Kier molecular flexibility index (Phi) is 4.17. The van der Waals surface area contributed by atoms with Gasteiger partial charge in [-0.3, -0.25) is 4.79 Å². The topological polar surface area (TPSA) is 72.7 Å². The highest BCUT2D eigenvalue weighted by Crippen LogP contribution is 2.08. The summed E-state index contributed by atoms with van der Waals surface area (Å²) in [5.41, 5.74) is 0.624. The van der Waals surface area contributed by atoms with Crippen molar-refractivity contribution in [3.63, 3.8) is 0 Å². The molecule has 6 nitrogen and oxygen atoms in total. The van der Waals surface area contributed by atoms with Crippen LogP contribution in [-0.4, -0.2) is 25.7 Å². The minimum absolute atomic E-state index is 0.201. The van der Waals surface area contributed by atoms with E-state index in [4.69, 9.17) is 0 Å². The van der Waals surface area contributed by atoms with E-state index >= 15 is 0 Å². The quantitative estimate of drug-likeness (QED) is 0.667. The molecule has 0 spiro atoms. The number of aromatic nitrogens is 4. The molecule has 0 radical (unpaired) electrons. The van der Waals surface area contributed by atoms with Crippen LogP contribution in [0, 0.1) is 0 Å². The van der Waals surface area contributed by atoms with Gasteiger partial charge in [0.25, 0.3) is 0 Å². The van der Waals surface area contributed by atoms with E-state index in [0.29, 0.717) is 11.5 Å². The van der Waals surface area contributed by atoms with Crippen LogP contribution in [0.3, 0.4) is 0 Å². The normalized spacial score (nSPS) is 11.2. The highest BCUT2D eigenvalue weighted by molar-refractivity contribution is 5.99. The standard InChI is InChI=1S/C13H13N5O/c1-2-3-4-5-13(19)17-11-6-7-12(15-8-11)18-10-14-9-16-18/h2-10H,1H3,(H,17,19). The van der Waals surface area contributed by atoms with Gasteiger partial charge in [-0.25, -0.2) is 14.6 Å². The number of hydrogen-bond donors (Lipinski definition) is 1. The minimum Gasteiger partial charge on any atom is -0.321 e. The third-order valence-electron chi connectivity index (χ3n) is 2.22. The molecule has 0 aromatic carbocycles. The van der Waals surface area contributed by atoms with Gasteiger partial charge in [0.15, 0.2) is 5.82 Å². The Hall–Kier alpha value is -2.76. The van der Waals surface area contributed by atoms with Crippen LogP contribution >= 0.6 is 0 Å².